The lowest BCUT2D eigenvalue weighted by Crippen LogP contribution is -2.48. The summed E-state index contributed by atoms with van der Waals surface area (Å²) in [7, 11) is -4.05. The van der Waals surface area contributed by atoms with E-state index in [1.54, 1.807) is 12.3 Å². The molecule has 152 valence electrons. The van der Waals surface area contributed by atoms with Crippen molar-refractivity contribution in [2.45, 2.75) is 17.6 Å². The van der Waals surface area contributed by atoms with Crippen molar-refractivity contribution in [3.63, 3.8) is 0 Å². The summed E-state index contributed by atoms with van der Waals surface area (Å²) in [5, 5.41) is -0.145. The Hall–Kier alpha value is -1.39. The molecule has 0 spiro atoms. The standard InChI is InChI=1S/C17H16Cl2F3N3O2S/c18-15-3-2-13(9-14(15)17(20,21)22)28(26,27)25-7-5-24(6-8-25)11-12-1-4-16(19)23-10-12/h1-4,9-10H,5-8,11H2. The van der Waals surface area contributed by atoms with Crippen LogP contribution in [0, 0.1) is 0 Å². The molecule has 1 aromatic carbocycles. The largest absolute Gasteiger partial charge is 0.417 e. The predicted octanol–water partition coefficient (Wildman–Crippen LogP) is 3.91. The Balaban J connectivity index is 1.70. The molecule has 0 amide bonds. The van der Waals surface area contributed by atoms with E-state index in [4.69, 9.17) is 23.2 Å². The lowest BCUT2D eigenvalue weighted by molar-refractivity contribution is -0.137. The highest BCUT2D eigenvalue weighted by molar-refractivity contribution is 7.89. The van der Waals surface area contributed by atoms with E-state index in [-0.39, 0.29) is 13.1 Å². The highest BCUT2D eigenvalue weighted by Crippen LogP contribution is 2.36. The molecule has 3 rings (SSSR count). The molecule has 0 N–H and O–H groups in total. The number of hydrogen-bond donors (Lipinski definition) is 0. The highest BCUT2D eigenvalue weighted by atomic mass is 35.5. The molecular formula is C17H16Cl2F3N3O2S. The van der Waals surface area contributed by atoms with E-state index < -0.39 is 31.7 Å². The SMILES string of the molecule is O=S(=O)(c1ccc(Cl)c(C(F)(F)F)c1)N1CCN(Cc2ccc(Cl)nc2)CC1. The summed E-state index contributed by atoms with van der Waals surface area (Å²) in [6.07, 6.45) is -3.08. The van der Waals surface area contributed by atoms with E-state index in [9.17, 15) is 21.6 Å². The maximum absolute atomic E-state index is 13.0. The van der Waals surface area contributed by atoms with E-state index >= 15 is 0 Å². The summed E-state index contributed by atoms with van der Waals surface area (Å²) in [6, 6.07) is 6.16. The van der Waals surface area contributed by atoms with Crippen LogP contribution in [0.3, 0.4) is 0 Å². The number of hydrogen-bond acceptors (Lipinski definition) is 4. The van der Waals surface area contributed by atoms with Gasteiger partial charge in [0, 0.05) is 38.9 Å². The first-order chi connectivity index (χ1) is 13.1. The zero-order chi connectivity index (χ0) is 20.5. The summed E-state index contributed by atoms with van der Waals surface area (Å²) in [5.41, 5.74) is -0.225. The summed E-state index contributed by atoms with van der Waals surface area (Å²) in [5.74, 6) is 0. The first-order valence-electron chi connectivity index (χ1n) is 8.27. The predicted molar refractivity (Wildman–Crippen MR) is 99.7 cm³/mol. The van der Waals surface area contributed by atoms with E-state index in [0.717, 1.165) is 17.7 Å². The number of piperazine rings is 1. The molecule has 2 heterocycles. The molecule has 1 saturated heterocycles. The number of halogens is 5. The van der Waals surface area contributed by atoms with Crippen molar-refractivity contribution >= 4 is 33.2 Å². The summed E-state index contributed by atoms with van der Waals surface area (Å²) < 4.78 is 65.8. The van der Waals surface area contributed by atoms with E-state index in [1.165, 1.54) is 4.31 Å². The monoisotopic (exact) mass is 453 g/mol. The maximum atomic E-state index is 13.0. The Morgan fingerprint density at radius 2 is 1.71 bits per heavy atom. The molecule has 2 aromatic rings. The van der Waals surface area contributed by atoms with Gasteiger partial charge in [-0.2, -0.15) is 17.5 Å². The Bertz CT molecular complexity index is 945. The number of alkyl halides is 3. The van der Waals surface area contributed by atoms with Gasteiger partial charge in [0.05, 0.1) is 15.5 Å². The molecule has 1 aliphatic rings. The molecule has 1 fully saturated rings. The van der Waals surface area contributed by atoms with Gasteiger partial charge in [0.2, 0.25) is 10.0 Å². The van der Waals surface area contributed by atoms with E-state index in [0.29, 0.717) is 30.9 Å². The fraction of sp³-hybridized carbons (Fsp3) is 0.353. The molecule has 0 saturated carbocycles. The van der Waals surface area contributed by atoms with E-state index in [1.807, 2.05) is 11.0 Å². The number of rotatable bonds is 4. The second kappa shape index (κ2) is 8.16. The van der Waals surface area contributed by atoms with Gasteiger partial charge < -0.3 is 0 Å². The molecule has 0 atom stereocenters. The van der Waals surface area contributed by atoms with Crippen LogP contribution in [0.1, 0.15) is 11.1 Å². The summed E-state index contributed by atoms with van der Waals surface area (Å²) in [4.78, 5) is 5.63. The van der Waals surface area contributed by atoms with Crippen molar-refractivity contribution in [1.82, 2.24) is 14.2 Å². The van der Waals surface area contributed by atoms with Gasteiger partial charge >= 0.3 is 6.18 Å². The quantitative estimate of drug-likeness (QED) is 0.658. The van der Waals surface area contributed by atoms with Crippen LogP contribution in [0.2, 0.25) is 10.2 Å². The van der Waals surface area contributed by atoms with E-state index in [2.05, 4.69) is 4.98 Å². The lowest BCUT2D eigenvalue weighted by atomic mass is 10.2. The summed E-state index contributed by atoms with van der Waals surface area (Å²) in [6.45, 7) is 1.82. The average molecular weight is 454 g/mol. The first-order valence-corrected chi connectivity index (χ1v) is 10.5. The Morgan fingerprint density at radius 3 is 2.29 bits per heavy atom. The lowest BCUT2D eigenvalue weighted by Gasteiger charge is -2.34. The molecular weight excluding hydrogens is 438 g/mol. The van der Waals surface area contributed by atoms with Crippen molar-refractivity contribution in [3.05, 3.63) is 57.8 Å². The molecule has 0 unspecified atom stereocenters. The molecule has 1 aromatic heterocycles. The molecule has 0 radical (unpaired) electrons. The third-order valence-corrected chi connectivity index (χ3v) is 6.85. The topological polar surface area (TPSA) is 53.5 Å². The molecule has 11 heteroatoms. The summed E-state index contributed by atoms with van der Waals surface area (Å²) >= 11 is 11.3. The van der Waals surface area contributed by atoms with Crippen LogP contribution in [0.4, 0.5) is 13.2 Å². The van der Waals surface area contributed by atoms with Gasteiger partial charge in [-0.15, -0.1) is 0 Å². The fourth-order valence-corrected chi connectivity index (χ4v) is 4.70. The van der Waals surface area contributed by atoms with Crippen LogP contribution in [-0.4, -0.2) is 48.8 Å². The smallest absolute Gasteiger partial charge is 0.296 e. The van der Waals surface area contributed by atoms with Gasteiger partial charge in [-0.1, -0.05) is 29.3 Å². The number of pyridine rings is 1. The molecule has 28 heavy (non-hydrogen) atoms. The van der Waals surface area contributed by atoms with Crippen molar-refractivity contribution in [2.24, 2.45) is 0 Å². The van der Waals surface area contributed by atoms with Gasteiger partial charge in [0.1, 0.15) is 5.15 Å². The zero-order valence-corrected chi connectivity index (χ0v) is 16.8. The molecule has 1 aliphatic heterocycles. The van der Waals surface area contributed by atoms with Gasteiger partial charge in [0.25, 0.3) is 0 Å². The molecule has 5 nitrogen and oxygen atoms in total. The highest BCUT2D eigenvalue weighted by Gasteiger charge is 2.36. The zero-order valence-electron chi connectivity index (χ0n) is 14.5. The van der Waals surface area contributed by atoms with Crippen LogP contribution < -0.4 is 0 Å². The van der Waals surface area contributed by atoms with Crippen LogP contribution in [0.15, 0.2) is 41.4 Å². The minimum absolute atomic E-state index is 0.174. The van der Waals surface area contributed by atoms with Gasteiger partial charge in [-0.3, -0.25) is 4.90 Å². The van der Waals surface area contributed by atoms with Crippen molar-refractivity contribution in [1.29, 1.82) is 0 Å². The minimum atomic E-state index is -4.73. The van der Waals surface area contributed by atoms with Gasteiger partial charge in [0.15, 0.2) is 0 Å². The van der Waals surface area contributed by atoms with Crippen LogP contribution in [0.5, 0.6) is 0 Å². The second-order valence-electron chi connectivity index (χ2n) is 6.31. The van der Waals surface area contributed by atoms with Crippen LogP contribution in [0.25, 0.3) is 0 Å². The normalized spacial score (nSPS) is 17.0. The minimum Gasteiger partial charge on any atom is -0.296 e. The number of benzene rings is 1. The van der Waals surface area contributed by atoms with Gasteiger partial charge in [-0.25, -0.2) is 13.4 Å². The number of aromatic nitrogens is 1. The Labute approximate surface area is 170 Å². The number of sulfonamides is 1. The Kier molecular flexibility index (Phi) is 6.21. The number of nitrogens with zero attached hydrogens (tertiary/aromatic N) is 3. The fourth-order valence-electron chi connectivity index (χ4n) is 2.92. The molecule has 0 bridgehead atoms. The third kappa shape index (κ3) is 4.77. The second-order valence-corrected chi connectivity index (χ2v) is 9.04. The first kappa shape index (κ1) is 21.3. The van der Waals surface area contributed by atoms with Crippen LogP contribution in [-0.2, 0) is 22.7 Å². The van der Waals surface area contributed by atoms with Crippen molar-refractivity contribution in [3.8, 4) is 0 Å². The van der Waals surface area contributed by atoms with Gasteiger partial charge in [-0.05, 0) is 29.8 Å². The third-order valence-electron chi connectivity index (χ3n) is 4.41. The average Bonchev–Trinajstić information content (AvgIpc) is 2.63. The van der Waals surface area contributed by atoms with Crippen molar-refractivity contribution < 1.29 is 21.6 Å². The Morgan fingerprint density at radius 1 is 1.04 bits per heavy atom. The van der Waals surface area contributed by atoms with Crippen LogP contribution >= 0.6 is 23.2 Å². The van der Waals surface area contributed by atoms with Crippen molar-refractivity contribution in [2.75, 3.05) is 26.2 Å². The molecule has 0 aliphatic carbocycles. The maximum Gasteiger partial charge on any atom is 0.417 e.